The van der Waals surface area contributed by atoms with Crippen molar-refractivity contribution in [1.82, 2.24) is 0 Å². The molecule has 0 aromatic heterocycles. The minimum atomic E-state index is -0.409. The van der Waals surface area contributed by atoms with Crippen molar-refractivity contribution in [3.63, 3.8) is 0 Å². The van der Waals surface area contributed by atoms with Gasteiger partial charge in [-0.05, 0) is 38.0 Å². The highest BCUT2D eigenvalue weighted by molar-refractivity contribution is 5.81. The third-order valence-electron chi connectivity index (χ3n) is 3.25. The number of hydrogen-bond donors (Lipinski definition) is 0. The van der Waals surface area contributed by atoms with Gasteiger partial charge in [-0.1, -0.05) is 26.0 Å². The predicted molar refractivity (Wildman–Crippen MR) is 69.8 cm³/mol. The number of rotatable bonds is 3. The van der Waals surface area contributed by atoms with Crippen molar-refractivity contribution in [1.29, 1.82) is 0 Å². The second-order valence-corrected chi connectivity index (χ2v) is 4.45. The first-order valence-electron chi connectivity index (χ1n) is 6.50. The fourth-order valence-electron chi connectivity index (χ4n) is 2.07. The maximum absolute atomic E-state index is 12.8. The molecule has 3 heteroatoms. The zero-order valence-corrected chi connectivity index (χ0v) is 11.5. The maximum Gasteiger partial charge on any atom is 0.312 e. The standard InChI is InChI=1S/C13H15FO2.C2H6/c1-3-16-12(15)13(2)8-11(13)9-4-6-10(14)7-5-9;1-2/h4-7,11H,3,8H2,1-2H3;1-2H3/t11-,13+;/m0./s1. The summed E-state index contributed by atoms with van der Waals surface area (Å²) in [6.07, 6.45) is 0.789. The van der Waals surface area contributed by atoms with Crippen LogP contribution in [-0.4, -0.2) is 12.6 Å². The Morgan fingerprint density at radius 2 is 1.94 bits per heavy atom. The van der Waals surface area contributed by atoms with Gasteiger partial charge in [-0.25, -0.2) is 4.39 Å². The Hall–Kier alpha value is -1.38. The van der Waals surface area contributed by atoms with Gasteiger partial charge in [-0.3, -0.25) is 4.79 Å². The Morgan fingerprint density at radius 3 is 2.44 bits per heavy atom. The second-order valence-electron chi connectivity index (χ2n) is 4.45. The number of benzene rings is 1. The molecule has 18 heavy (non-hydrogen) atoms. The highest BCUT2D eigenvalue weighted by atomic mass is 19.1. The summed E-state index contributed by atoms with van der Waals surface area (Å²) >= 11 is 0. The molecule has 100 valence electrons. The van der Waals surface area contributed by atoms with Gasteiger partial charge in [0.05, 0.1) is 12.0 Å². The third kappa shape index (κ3) is 2.89. The molecule has 1 saturated carbocycles. The van der Waals surface area contributed by atoms with Crippen LogP contribution in [0.15, 0.2) is 24.3 Å². The fourth-order valence-corrected chi connectivity index (χ4v) is 2.07. The van der Waals surface area contributed by atoms with Crippen LogP contribution in [-0.2, 0) is 9.53 Å². The van der Waals surface area contributed by atoms with Crippen LogP contribution in [0.1, 0.15) is 45.6 Å². The molecule has 1 fully saturated rings. The van der Waals surface area contributed by atoms with Crippen LogP contribution in [0.3, 0.4) is 0 Å². The minimum Gasteiger partial charge on any atom is -0.466 e. The second kappa shape index (κ2) is 5.98. The molecular weight excluding hydrogens is 231 g/mol. The molecule has 2 nitrogen and oxygen atoms in total. The van der Waals surface area contributed by atoms with Crippen molar-refractivity contribution in [3.8, 4) is 0 Å². The van der Waals surface area contributed by atoms with E-state index in [0.717, 1.165) is 12.0 Å². The molecule has 2 atom stereocenters. The van der Waals surface area contributed by atoms with Crippen LogP contribution in [0.2, 0.25) is 0 Å². The normalized spacial score (nSPS) is 24.8. The van der Waals surface area contributed by atoms with E-state index >= 15 is 0 Å². The molecule has 0 heterocycles. The smallest absolute Gasteiger partial charge is 0.312 e. The third-order valence-corrected chi connectivity index (χ3v) is 3.25. The van der Waals surface area contributed by atoms with E-state index in [0.29, 0.717) is 6.61 Å². The maximum atomic E-state index is 12.8. The Bertz CT molecular complexity index is 399. The Labute approximate surface area is 108 Å². The van der Waals surface area contributed by atoms with E-state index in [4.69, 9.17) is 4.74 Å². The highest BCUT2D eigenvalue weighted by Crippen LogP contribution is 2.59. The molecule has 1 aliphatic carbocycles. The Balaban J connectivity index is 0.000000771. The van der Waals surface area contributed by atoms with Gasteiger partial charge in [-0.2, -0.15) is 0 Å². The number of esters is 1. The fraction of sp³-hybridized carbons (Fsp3) is 0.533. The molecule has 0 unspecified atom stereocenters. The lowest BCUT2D eigenvalue weighted by Crippen LogP contribution is -2.17. The van der Waals surface area contributed by atoms with E-state index < -0.39 is 5.41 Å². The van der Waals surface area contributed by atoms with Crippen molar-refractivity contribution in [3.05, 3.63) is 35.6 Å². The molecule has 0 amide bonds. The summed E-state index contributed by atoms with van der Waals surface area (Å²) in [6, 6.07) is 6.34. The van der Waals surface area contributed by atoms with Crippen LogP contribution in [0.5, 0.6) is 0 Å². The molecule has 1 aromatic rings. The molecule has 0 radical (unpaired) electrons. The van der Waals surface area contributed by atoms with Crippen molar-refractivity contribution >= 4 is 5.97 Å². The summed E-state index contributed by atoms with van der Waals surface area (Å²) in [7, 11) is 0. The Kier molecular flexibility index (Phi) is 4.88. The molecule has 0 aliphatic heterocycles. The molecule has 1 aromatic carbocycles. The van der Waals surface area contributed by atoms with E-state index in [1.54, 1.807) is 19.1 Å². The molecule has 0 saturated heterocycles. The van der Waals surface area contributed by atoms with E-state index in [-0.39, 0.29) is 17.7 Å². The van der Waals surface area contributed by atoms with E-state index in [1.165, 1.54) is 12.1 Å². The van der Waals surface area contributed by atoms with Gasteiger partial charge < -0.3 is 4.74 Å². The lowest BCUT2D eigenvalue weighted by atomic mass is 10.0. The van der Waals surface area contributed by atoms with Gasteiger partial charge >= 0.3 is 5.97 Å². The average molecular weight is 252 g/mol. The van der Waals surface area contributed by atoms with Crippen LogP contribution in [0.25, 0.3) is 0 Å². The van der Waals surface area contributed by atoms with Crippen molar-refractivity contribution in [2.45, 2.75) is 40.0 Å². The van der Waals surface area contributed by atoms with Crippen LogP contribution in [0, 0.1) is 11.2 Å². The van der Waals surface area contributed by atoms with Gasteiger partial charge in [0.25, 0.3) is 0 Å². The minimum absolute atomic E-state index is 0.149. The molecular formula is C15H21FO2. The quantitative estimate of drug-likeness (QED) is 0.762. The number of ether oxygens (including phenoxy) is 1. The summed E-state index contributed by atoms with van der Waals surface area (Å²) in [4.78, 5) is 11.7. The summed E-state index contributed by atoms with van der Waals surface area (Å²) in [6.45, 7) is 8.11. The summed E-state index contributed by atoms with van der Waals surface area (Å²) < 4.78 is 17.8. The number of hydrogen-bond acceptors (Lipinski definition) is 2. The van der Waals surface area contributed by atoms with E-state index in [1.807, 2.05) is 20.8 Å². The van der Waals surface area contributed by atoms with E-state index in [9.17, 15) is 9.18 Å². The zero-order valence-electron chi connectivity index (χ0n) is 11.5. The number of carbonyl (C=O) groups excluding carboxylic acids is 1. The van der Waals surface area contributed by atoms with Crippen LogP contribution in [0.4, 0.5) is 4.39 Å². The van der Waals surface area contributed by atoms with Crippen molar-refractivity contribution in [2.24, 2.45) is 5.41 Å². The van der Waals surface area contributed by atoms with Gasteiger partial charge in [-0.15, -0.1) is 0 Å². The lowest BCUT2D eigenvalue weighted by molar-refractivity contribution is -0.149. The lowest BCUT2D eigenvalue weighted by Gasteiger charge is -2.10. The first kappa shape index (κ1) is 14.7. The molecule has 0 bridgehead atoms. The molecule has 1 aliphatic rings. The monoisotopic (exact) mass is 252 g/mol. The topological polar surface area (TPSA) is 26.3 Å². The largest absolute Gasteiger partial charge is 0.466 e. The SMILES string of the molecule is CC.CCOC(=O)[C@]1(C)C[C@H]1c1ccc(F)cc1. The van der Waals surface area contributed by atoms with Gasteiger partial charge in [0.15, 0.2) is 0 Å². The molecule has 0 N–H and O–H groups in total. The summed E-state index contributed by atoms with van der Waals surface area (Å²) in [5.41, 5.74) is 0.602. The first-order valence-corrected chi connectivity index (χ1v) is 6.50. The van der Waals surface area contributed by atoms with Crippen molar-refractivity contribution in [2.75, 3.05) is 6.61 Å². The summed E-state index contributed by atoms with van der Waals surface area (Å²) in [5, 5.41) is 0. The zero-order chi connectivity index (χ0) is 13.8. The van der Waals surface area contributed by atoms with Crippen LogP contribution < -0.4 is 0 Å². The predicted octanol–water partition coefficient (Wildman–Crippen LogP) is 3.91. The van der Waals surface area contributed by atoms with Crippen LogP contribution >= 0.6 is 0 Å². The van der Waals surface area contributed by atoms with Gasteiger partial charge in [0.2, 0.25) is 0 Å². The first-order chi connectivity index (χ1) is 8.58. The van der Waals surface area contributed by atoms with Gasteiger partial charge in [0, 0.05) is 5.92 Å². The highest BCUT2D eigenvalue weighted by Gasteiger charge is 2.57. The summed E-state index contributed by atoms with van der Waals surface area (Å²) in [5.74, 6) is -0.223. The molecule has 2 rings (SSSR count). The number of carbonyl (C=O) groups is 1. The van der Waals surface area contributed by atoms with Crippen molar-refractivity contribution < 1.29 is 13.9 Å². The molecule has 0 spiro atoms. The Morgan fingerprint density at radius 1 is 1.39 bits per heavy atom. The van der Waals surface area contributed by atoms with E-state index in [2.05, 4.69) is 0 Å². The number of halogens is 1. The van der Waals surface area contributed by atoms with Gasteiger partial charge in [0.1, 0.15) is 5.82 Å². The average Bonchev–Trinajstić information content (AvgIpc) is 3.07.